The third kappa shape index (κ3) is 6.26. The van der Waals surface area contributed by atoms with Gasteiger partial charge in [0, 0.05) is 37.5 Å². The predicted octanol–water partition coefficient (Wildman–Crippen LogP) is 2.57. The number of nitrogens with one attached hydrogen (secondary N) is 2. The van der Waals surface area contributed by atoms with Crippen molar-refractivity contribution in [3.63, 3.8) is 0 Å². The molecule has 0 aliphatic carbocycles. The van der Waals surface area contributed by atoms with Gasteiger partial charge >= 0.3 is 5.97 Å². The topological polar surface area (TPSA) is 140 Å². The average Bonchev–Trinajstić information content (AvgIpc) is 2.80. The summed E-state index contributed by atoms with van der Waals surface area (Å²) in [4.78, 5) is 48.8. The molecule has 1 heterocycles. The number of benzene rings is 2. The van der Waals surface area contributed by atoms with Gasteiger partial charge in [-0.05, 0) is 43.3 Å². The Bertz CT molecular complexity index is 1050. The summed E-state index contributed by atoms with van der Waals surface area (Å²) >= 11 is 0. The fourth-order valence-electron chi connectivity index (χ4n) is 3.23. The van der Waals surface area contributed by atoms with Crippen LogP contribution in [0.5, 0.6) is 0 Å². The van der Waals surface area contributed by atoms with E-state index in [9.17, 15) is 24.5 Å². The standard InChI is InChI=1S/C22H24N4O7/c1-14(21(28)24-18-6-4-17(5-7-18)23-15(2)27)33-22(29)16-3-8-19(20(13-16)26(30)31)25-9-11-32-12-10-25/h3-8,13-14H,9-12H2,1-2H3,(H,23,27)(H,24,28)/t14-/m1/s1. The normalized spacial score (nSPS) is 14.2. The predicted molar refractivity (Wildman–Crippen MR) is 120 cm³/mol. The Morgan fingerprint density at radius 3 is 2.24 bits per heavy atom. The largest absolute Gasteiger partial charge is 0.449 e. The Kier molecular flexibility index (Phi) is 7.57. The van der Waals surface area contributed by atoms with Crippen molar-refractivity contribution in [1.29, 1.82) is 0 Å². The van der Waals surface area contributed by atoms with Gasteiger partial charge in [-0.2, -0.15) is 0 Å². The summed E-state index contributed by atoms with van der Waals surface area (Å²) in [5.74, 6) is -1.64. The Morgan fingerprint density at radius 1 is 1.06 bits per heavy atom. The summed E-state index contributed by atoms with van der Waals surface area (Å²) in [7, 11) is 0. The molecule has 2 N–H and O–H groups in total. The van der Waals surface area contributed by atoms with Gasteiger partial charge < -0.3 is 25.0 Å². The van der Waals surface area contributed by atoms with E-state index >= 15 is 0 Å². The highest BCUT2D eigenvalue weighted by Gasteiger charge is 2.25. The first kappa shape index (κ1) is 23.7. The van der Waals surface area contributed by atoms with Gasteiger partial charge in [-0.15, -0.1) is 0 Å². The number of hydrogen-bond donors (Lipinski definition) is 2. The molecule has 1 aliphatic rings. The van der Waals surface area contributed by atoms with E-state index in [1.807, 2.05) is 4.90 Å². The van der Waals surface area contributed by atoms with Crippen LogP contribution in [0.15, 0.2) is 42.5 Å². The smallest absolute Gasteiger partial charge is 0.339 e. The summed E-state index contributed by atoms with van der Waals surface area (Å²) in [6.45, 7) is 4.72. The van der Waals surface area contributed by atoms with Crippen LogP contribution in [0.2, 0.25) is 0 Å². The van der Waals surface area contributed by atoms with Crippen LogP contribution in [0.4, 0.5) is 22.7 Å². The van der Waals surface area contributed by atoms with Gasteiger partial charge in [0.15, 0.2) is 6.10 Å². The number of esters is 1. The van der Waals surface area contributed by atoms with E-state index in [1.54, 1.807) is 24.3 Å². The van der Waals surface area contributed by atoms with Crippen molar-refractivity contribution in [1.82, 2.24) is 0 Å². The van der Waals surface area contributed by atoms with Gasteiger partial charge in [0.2, 0.25) is 5.91 Å². The number of nitro groups is 1. The molecule has 1 saturated heterocycles. The van der Waals surface area contributed by atoms with Crippen LogP contribution in [-0.4, -0.2) is 55.1 Å². The van der Waals surface area contributed by atoms with Gasteiger partial charge in [0.25, 0.3) is 11.6 Å². The number of rotatable bonds is 7. The zero-order chi connectivity index (χ0) is 24.0. The summed E-state index contributed by atoms with van der Waals surface area (Å²) in [6, 6.07) is 10.5. The quantitative estimate of drug-likeness (QED) is 0.368. The molecule has 0 saturated carbocycles. The lowest BCUT2D eigenvalue weighted by Gasteiger charge is -2.28. The maximum Gasteiger partial charge on any atom is 0.339 e. The Morgan fingerprint density at radius 2 is 1.67 bits per heavy atom. The number of amides is 2. The number of carbonyl (C=O) groups is 3. The SMILES string of the molecule is CC(=O)Nc1ccc(NC(=O)[C@@H](C)OC(=O)c2ccc(N3CCOCC3)c([N+](=O)[O-])c2)cc1. The lowest BCUT2D eigenvalue weighted by atomic mass is 10.1. The van der Waals surface area contributed by atoms with E-state index in [2.05, 4.69) is 10.6 Å². The molecule has 2 amide bonds. The van der Waals surface area contributed by atoms with Crippen LogP contribution >= 0.6 is 0 Å². The van der Waals surface area contributed by atoms with E-state index in [-0.39, 0.29) is 17.2 Å². The monoisotopic (exact) mass is 456 g/mol. The van der Waals surface area contributed by atoms with Crippen molar-refractivity contribution in [2.24, 2.45) is 0 Å². The molecule has 3 rings (SSSR count). The number of nitro benzene ring substituents is 1. The van der Waals surface area contributed by atoms with Crippen LogP contribution in [0.1, 0.15) is 24.2 Å². The van der Waals surface area contributed by atoms with Crippen molar-refractivity contribution < 1.29 is 28.8 Å². The van der Waals surface area contributed by atoms with Crippen LogP contribution in [-0.2, 0) is 19.1 Å². The van der Waals surface area contributed by atoms with Gasteiger partial charge in [0.05, 0.1) is 23.7 Å². The first-order valence-electron chi connectivity index (χ1n) is 10.2. The van der Waals surface area contributed by atoms with Crippen LogP contribution in [0.3, 0.4) is 0 Å². The Balaban J connectivity index is 1.64. The molecule has 2 aromatic rings. The van der Waals surface area contributed by atoms with Gasteiger partial charge in [-0.3, -0.25) is 19.7 Å². The molecular weight excluding hydrogens is 432 g/mol. The number of hydrogen-bond acceptors (Lipinski definition) is 8. The molecular formula is C22H24N4O7. The van der Waals surface area contributed by atoms with Crippen molar-refractivity contribution in [2.75, 3.05) is 41.8 Å². The molecule has 0 spiro atoms. The average molecular weight is 456 g/mol. The fourth-order valence-corrected chi connectivity index (χ4v) is 3.23. The highest BCUT2D eigenvalue weighted by atomic mass is 16.6. The second kappa shape index (κ2) is 10.6. The highest BCUT2D eigenvalue weighted by molar-refractivity contribution is 5.98. The maximum atomic E-state index is 12.5. The fraction of sp³-hybridized carbons (Fsp3) is 0.318. The number of anilines is 3. The lowest BCUT2D eigenvalue weighted by Crippen LogP contribution is -2.36. The minimum atomic E-state index is -1.15. The molecule has 174 valence electrons. The number of ether oxygens (including phenoxy) is 2. The van der Waals surface area contributed by atoms with E-state index < -0.39 is 22.9 Å². The van der Waals surface area contributed by atoms with Crippen molar-refractivity contribution in [3.8, 4) is 0 Å². The third-order valence-corrected chi connectivity index (χ3v) is 4.89. The molecule has 11 nitrogen and oxygen atoms in total. The third-order valence-electron chi connectivity index (χ3n) is 4.89. The van der Waals surface area contributed by atoms with Gasteiger partial charge in [-0.1, -0.05) is 0 Å². The Hall–Kier alpha value is -3.99. The van der Waals surface area contributed by atoms with Crippen LogP contribution in [0, 0.1) is 10.1 Å². The first-order valence-corrected chi connectivity index (χ1v) is 10.2. The highest BCUT2D eigenvalue weighted by Crippen LogP contribution is 2.30. The summed E-state index contributed by atoms with van der Waals surface area (Å²) < 4.78 is 10.5. The molecule has 11 heteroatoms. The molecule has 0 radical (unpaired) electrons. The molecule has 1 aliphatic heterocycles. The van der Waals surface area contributed by atoms with Gasteiger partial charge in [-0.25, -0.2) is 4.79 Å². The molecule has 33 heavy (non-hydrogen) atoms. The van der Waals surface area contributed by atoms with E-state index in [0.29, 0.717) is 43.4 Å². The zero-order valence-electron chi connectivity index (χ0n) is 18.2. The van der Waals surface area contributed by atoms with Crippen molar-refractivity contribution in [3.05, 3.63) is 58.1 Å². The lowest BCUT2D eigenvalue weighted by molar-refractivity contribution is -0.384. The van der Waals surface area contributed by atoms with Crippen molar-refractivity contribution in [2.45, 2.75) is 20.0 Å². The molecule has 0 unspecified atom stereocenters. The number of carbonyl (C=O) groups excluding carboxylic acids is 3. The van der Waals surface area contributed by atoms with E-state index in [1.165, 1.54) is 26.0 Å². The molecule has 1 fully saturated rings. The second-order valence-electron chi connectivity index (χ2n) is 7.36. The molecule has 0 bridgehead atoms. The number of morpholine rings is 1. The molecule has 0 aromatic heterocycles. The van der Waals surface area contributed by atoms with Crippen LogP contribution < -0.4 is 15.5 Å². The Labute approximate surface area is 189 Å². The van der Waals surface area contributed by atoms with Gasteiger partial charge in [0.1, 0.15) is 5.69 Å². The summed E-state index contributed by atoms with van der Waals surface area (Å²) in [5, 5.41) is 16.8. The maximum absolute atomic E-state index is 12.5. The molecule has 2 aromatic carbocycles. The van der Waals surface area contributed by atoms with Crippen molar-refractivity contribution >= 4 is 40.5 Å². The minimum Gasteiger partial charge on any atom is -0.449 e. The van der Waals surface area contributed by atoms with Crippen LogP contribution in [0.25, 0.3) is 0 Å². The summed E-state index contributed by atoms with van der Waals surface area (Å²) in [6.07, 6.45) is -1.15. The second-order valence-corrected chi connectivity index (χ2v) is 7.36. The molecule has 1 atom stereocenters. The zero-order valence-corrected chi connectivity index (χ0v) is 18.2. The van der Waals surface area contributed by atoms with E-state index in [4.69, 9.17) is 9.47 Å². The van der Waals surface area contributed by atoms with E-state index in [0.717, 1.165) is 6.07 Å². The minimum absolute atomic E-state index is 0.0296. The summed E-state index contributed by atoms with van der Waals surface area (Å²) in [5.41, 5.74) is 1.17. The first-order chi connectivity index (χ1) is 15.7. The number of nitrogens with zero attached hydrogens (tertiary/aromatic N) is 2.